The van der Waals surface area contributed by atoms with E-state index in [9.17, 15) is 14.4 Å². The van der Waals surface area contributed by atoms with Crippen LogP contribution in [0.15, 0.2) is 36.6 Å². The van der Waals surface area contributed by atoms with E-state index in [1.165, 1.54) is 12.2 Å². The fraction of sp³-hybridized carbons (Fsp3) is 0.679. The van der Waals surface area contributed by atoms with Gasteiger partial charge in [0.2, 0.25) is 5.91 Å². The number of β-lactam (4-membered cyclic amide) rings is 1. The van der Waals surface area contributed by atoms with E-state index in [-0.39, 0.29) is 42.0 Å². The maximum absolute atomic E-state index is 13.4. The van der Waals surface area contributed by atoms with E-state index in [2.05, 4.69) is 47.0 Å². The first kappa shape index (κ1) is 29.2. The molecule has 0 spiro atoms. The number of fused-ring (bicyclic) bond motifs is 3. The van der Waals surface area contributed by atoms with Crippen molar-refractivity contribution in [3.05, 3.63) is 36.6 Å². The monoisotopic (exact) mass is 533 g/mol. The Kier molecular flexibility index (Phi) is 9.11. The van der Waals surface area contributed by atoms with Crippen LogP contribution in [0.25, 0.3) is 0 Å². The second-order valence-electron chi connectivity index (χ2n) is 11.7. The number of nitrogens with zero attached hydrogens (tertiary/aromatic N) is 1. The molecule has 0 aromatic carbocycles. The first-order valence-corrected chi connectivity index (χ1v) is 16.2. The molecule has 1 amide bonds. The Morgan fingerprint density at radius 1 is 1.14 bits per heavy atom. The van der Waals surface area contributed by atoms with Crippen LogP contribution in [0.3, 0.4) is 0 Å². The SMILES string of the molecule is C=CCOC(=O)O[C@H](C)[C@H]1C(=O)N2C(C(=O)OCC=C)=C3C(CCO[Si](C)(C)C(C)(C)C)CCC[C@@H]3[C@H]12. The van der Waals surface area contributed by atoms with Crippen molar-refractivity contribution in [2.24, 2.45) is 17.8 Å². The Balaban J connectivity index is 1.83. The van der Waals surface area contributed by atoms with E-state index >= 15 is 0 Å². The van der Waals surface area contributed by atoms with Crippen LogP contribution in [0.2, 0.25) is 18.1 Å². The quantitative estimate of drug-likeness (QED) is 0.153. The van der Waals surface area contributed by atoms with E-state index in [0.29, 0.717) is 12.3 Å². The molecule has 1 aliphatic carbocycles. The van der Waals surface area contributed by atoms with Crippen molar-refractivity contribution in [2.75, 3.05) is 19.8 Å². The van der Waals surface area contributed by atoms with Crippen LogP contribution >= 0.6 is 0 Å². The molecule has 2 fully saturated rings. The van der Waals surface area contributed by atoms with Gasteiger partial charge in [-0.05, 0) is 55.8 Å². The molecule has 5 atom stereocenters. The standard InChI is InChI=1S/C28H43NO7Si/c1-9-15-33-26(31)24-22-19(14-17-35-37(7,8)28(4,5)6)12-11-13-20(22)23-21(25(30)29(23)24)18(3)36-27(32)34-16-10-2/h9-10,18-21,23H,1-2,11-17H2,3-8H3/t18-,19?,20+,21-,23-/m1/s1. The number of esters is 1. The lowest BCUT2D eigenvalue weighted by molar-refractivity contribution is -0.165. The molecule has 9 heteroatoms. The third-order valence-electron chi connectivity index (χ3n) is 8.39. The minimum atomic E-state index is -1.91. The lowest BCUT2D eigenvalue weighted by Crippen LogP contribution is -2.64. The molecule has 0 N–H and O–H groups in total. The van der Waals surface area contributed by atoms with Crippen molar-refractivity contribution in [1.82, 2.24) is 4.90 Å². The molecule has 0 aromatic heterocycles. The third kappa shape index (κ3) is 5.87. The van der Waals surface area contributed by atoms with Gasteiger partial charge in [-0.1, -0.05) is 52.5 Å². The summed E-state index contributed by atoms with van der Waals surface area (Å²) in [5.41, 5.74) is 1.37. The zero-order valence-corrected chi connectivity index (χ0v) is 24.2. The van der Waals surface area contributed by atoms with Gasteiger partial charge < -0.3 is 23.5 Å². The fourth-order valence-electron chi connectivity index (χ4n) is 5.54. The lowest BCUT2D eigenvalue weighted by atomic mass is 9.69. The van der Waals surface area contributed by atoms with Crippen molar-refractivity contribution in [1.29, 1.82) is 0 Å². The summed E-state index contributed by atoms with van der Waals surface area (Å²) in [5.74, 6) is -1.11. The molecule has 1 saturated heterocycles. The van der Waals surface area contributed by atoms with Gasteiger partial charge in [0.1, 0.15) is 25.0 Å². The molecular weight excluding hydrogens is 490 g/mol. The zero-order chi connectivity index (χ0) is 27.5. The molecule has 3 aliphatic rings. The zero-order valence-electron chi connectivity index (χ0n) is 23.2. The minimum Gasteiger partial charge on any atom is -0.457 e. The van der Waals surface area contributed by atoms with E-state index in [4.69, 9.17) is 18.6 Å². The van der Waals surface area contributed by atoms with Gasteiger partial charge in [0.15, 0.2) is 8.32 Å². The van der Waals surface area contributed by atoms with Gasteiger partial charge in [0, 0.05) is 12.5 Å². The summed E-state index contributed by atoms with van der Waals surface area (Å²) in [4.78, 5) is 40.2. The van der Waals surface area contributed by atoms with Crippen LogP contribution in [-0.2, 0) is 28.2 Å². The molecule has 1 saturated carbocycles. The van der Waals surface area contributed by atoms with E-state index in [0.717, 1.165) is 31.3 Å². The predicted molar refractivity (Wildman–Crippen MR) is 143 cm³/mol. The maximum Gasteiger partial charge on any atom is 0.508 e. The van der Waals surface area contributed by atoms with Crippen LogP contribution in [0.1, 0.15) is 53.4 Å². The molecular formula is C28H43NO7Si. The smallest absolute Gasteiger partial charge is 0.457 e. The molecule has 2 heterocycles. The Bertz CT molecular complexity index is 951. The number of carbonyl (C=O) groups is 3. The highest BCUT2D eigenvalue weighted by molar-refractivity contribution is 6.74. The average Bonchev–Trinajstić information content (AvgIpc) is 3.11. The largest absolute Gasteiger partial charge is 0.508 e. The molecule has 37 heavy (non-hydrogen) atoms. The van der Waals surface area contributed by atoms with Gasteiger partial charge in [-0.2, -0.15) is 0 Å². The van der Waals surface area contributed by atoms with Gasteiger partial charge >= 0.3 is 12.1 Å². The molecule has 3 rings (SSSR count). The Morgan fingerprint density at radius 3 is 2.41 bits per heavy atom. The number of ether oxygens (including phenoxy) is 3. The number of amides is 1. The number of carbonyl (C=O) groups excluding carboxylic acids is 3. The lowest BCUT2D eigenvalue weighted by Gasteiger charge is -2.48. The van der Waals surface area contributed by atoms with E-state index < -0.39 is 32.5 Å². The highest BCUT2D eigenvalue weighted by Crippen LogP contribution is 2.55. The molecule has 2 aliphatic heterocycles. The van der Waals surface area contributed by atoms with Crippen molar-refractivity contribution in [3.63, 3.8) is 0 Å². The molecule has 0 radical (unpaired) electrons. The summed E-state index contributed by atoms with van der Waals surface area (Å²) in [5, 5.41) is 0.113. The van der Waals surface area contributed by atoms with Crippen LogP contribution in [0.4, 0.5) is 4.79 Å². The summed E-state index contributed by atoms with van der Waals surface area (Å²) in [6.45, 7) is 20.7. The van der Waals surface area contributed by atoms with Crippen LogP contribution < -0.4 is 0 Å². The normalized spacial score (nSPS) is 26.0. The summed E-state index contributed by atoms with van der Waals surface area (Å²) in [6, 6.07) is -0.236. The van der Waals surface area contributed by atoms with E-state index in [1.807, 2.05) is 0 Å². The summed E-state index contributed by atoms with van der Waals surface area (Å²) >= 11 is 0. The highest BCUT2D eigenvalue weighted by Gasteiger charge is 2.63. The topological polar surface area (TPSA) is 91.4 Å². The maximum atomic E-state index is 13.4. The second kappa shape index (κ2) is 11.6. The van der Waals surface area contributed by atoms with Crippen molar-refractivity contribution >= 4 is 26.3 Å². The molecule has 206 valence electrons. The van der Waals surface area contributed by atoms with Gasteiger partial charge in [-0.25, -0.2) is 9.59 Å². The average molecular weight is 534 g/mol. The number of hydrogen-bond acceptors (Lipinski definition) is 7. The fourth-order valence-corrected chi connectivity index (χ4v) is 6.60. The summed E-state index contributed by atoms with van der Waals surface area (Å²) in [6.07, 6.45) is 5.04. The minimum absolute atomic E-state index is 0.0239. The summed E-state index contributed by atoms with van der Waals surface area (Å²) < 4.78 is 22.3. The second-order valence-corrected chi connectivity index (χ2v) is 16.5. The van der Waals surface area contributed by atoms with Gasteiger partial charge in [-0.15, -0.1) is 0 Å². The van der Waals surface area contributed by atoms with Crippen molar-refractivity contribution < 1.29 is 33.0 Å². The highest BCUT2D eigenvalue weighted by atomic mass is 28.4. The van der Waals surface area contributed by atoms with Crippen LogP contribution in [-0.4, -0.2) is 63.2 Å². The molecule has 8 nitrogen and oxygen atoms in total. The predicted octanol–water partition coefficient (Wildman–Crippen LogP) is 5.37. The first-order chi connectivity index (χ1) is 17.4. The van der Waals surface area contributed by atoms with Crippen LogP contribution in [0.5, 0.6) is 0 Å². The molecule has 0 bridgehead atoms. The Hall–Kier alpha value is -2.39. The Morgan fingerprint density at radius 2 is 1.78 bits per heavy atom. The van der Waals surface area contributed by atoms with Gasteiger partial charge in [-0.3, -0.25) is 4.79 Å². The first-order valence-electron chi connectivity index (χ1n) is 13.3. The number of hydrogen-bond donors (Lipinski definition) is 0. The third-order valence-corrected chi connectivity index (χ3v) is 12.9. The van der Waals surface area contributed by atoms with E-state index in [1.54, 1.807) is 11.8 Å². The summed E-state index contributed by atoms with van der Waals surface area (Å²) in [7, 11) is -1.91. The van der Waals surface area contributed by atoms with Crippen molar-refractivity contribution in [3.8, 4) is 0 Å². The van der Waals surface area contributed by atoms with Crippen LogP contribution in [0, 0.1) is 17.8 Å². The number of rotatable bonds is 11. The van der Waals surface area contributed by atoms with Crippen molar-refractivity contribution in [2.45, 2.75) is 83.7 Å². The van der Waals surface area contributed by atoms with Gasteiger partial charge in [0.05, 0.1) is 12.0 Å². The Labute approximate surface area is 222 Å². The molecule has 0 aromatic rings. The molecule has 1 unspecified atom stereocenters. The van der Waals surface area contributed by atoms with Gasteiger partial charge in [0.25, 0.3) is 0 Å².